The highest BCUT2D eigenvalue weighted by atomic mass is 32.1. The maximum atomic E-state index is 11.5. The van der Waals surface area contributed by atoms with Crippen molar-refractivity contribution in [1.29, 1.82) is 0 Å². The van der Waals surface area contributed by atoms with Crippen LogP contribution in [0.4, 0.5) is 0 Å². The van der Waals surface area contributed by atoms with Crippen LogP contribution in [-0.4, -0.2) is 11.9 Å². The molecule has 0 bridgehead atoms. The van der Waals surface area contributed by atoms with Gasteiger partial charge in [-0.05, 0) is 23.6 Å². The minimum atomic E-state index is -0.604. The van der Waals surface area contributed by atoms with Crippen LogP contribution in [0.15, 0.2) is 47.8 Å². The molecule has 0 aliphatic carbocycles. The van der Waals surface area contributed by atoms with E-state index in [1.807, 2.05) is 17.5 Å². The SMILES string of the molecule is O=C(Cc1cccs1)OC(=O)c1ccccc1. The van der Waals surface area contributed by atoms with E-state index in [-0.39, 0.29) is 6.42 Å². The first-order chi connectivity index (χ1) is 8.25. The molecule has 0 amide bonds. The Balaban J connectivity index is 1.93. The van der Waals surface area contributed by atoms with Crippen molar-refractivity contribution in [3.05, 3.63) is 58.3 Å². The molecule has 1 heterocycles. The molecule has 17 heavy (non-hydrogen) atoms. The highest BCUT2D eigenvalue weighted by Crippen LogP contribution is 2.10. The summed E-state index contributed by atoms with van der Waals surface area (Å²) in [6.07, 6.45) is 0.135. The highest BCUT2D eigenvalue weighted by Gasteiger charge is 2.13. The van der Waals surface area contributed by atoms with Crippen molar-refractivity contribution in [3.63, 3.8) is 0 Å². The van der Waals surface area contributed by atoms with Gasteiger partial charge >= 0.3 is 11.9 Å². The molecule has 1 aromatic carbocycles. The normalized spacial score (nSPS) is 9.88. The van der Waals surface area contributed by atoms with Crippen molar-refractivity contribution in [2.45, 2.75) is 6.42 Å². The lowest BCUT2D eigenvalue weighted by Gasteiger charge is -2.01. The molecule has 86 valence electrons. The second-order valence-electron chi connectivity index (χ2n) is 3.38. The van der Waals surface area contributed by atoms with E-state index >= 15 is 0 Å². The molecule has 0 unspecified atom stereocenters. The lowest BCUT2D eigenvalue weighted by molar-refractivity contribution is -0.137. The third-order valence-electron chi connectivity index (χ3n) is 2.11. The number of hydrogen-bond acceptors (Lipinski definition) is 4. The van der Waals surface area contributed by atoms with Crippen LogP contribution in [0.5, 0.6) is 0 Å². The van der Waals surface area contributed by atoms with E-state index in [1.54, 1.807) is 30.3 Å². The van der Waals surface area contributed by atoms with Gasteiger partial charge in [-0.25, -0.2) is 4.79 Å². The fraction of sp³-hybridized carbons (Fsp3) is 0.0769. The van der Waals surface area contributed by atoms with Crippen LogP contribution in [0.25, 0.3) is 0 Å². The van der Waals surface area contributed by atoms with Gasteiger partial charge in [0, 0.05) is 4.88 Å². The summed E-state index contributed by atoms with van der Waals surface area (Å²) >= 11 is 1.46. The van der Waals surface area contributed by atoms with Crippen molar-refractivity contribution in [2.24, 2.45) is 0 Å². The monoisotopic (exact) mass is 246 g/mol. The minimum Gasteiger partial charge on any atom is -0.389 e. The highest BCUT2D eigenvalue weighted by molar-refractivity contribution is 7.10. The lowest BCUT2D eigenvalue weighted by Crippen LogP contribution is -2.14. The summed E-state index contributed by atoms with van der Waals surface area (Å²) in [6, 6.07) is 12.2. The Bertz CT molecular complexity index is 503. The van der Waals surface area contributed by atoms with Gasteiger partial charge in [0.05, 0.1) is 12.0 Å². The fourth-order valence-electron chi connectivity index (χ4n) is 1.33. The van der Waals surface area contributed by atoms with Crippen LogP contribution >= 0.6 is 11.3 Å². The summed E-state index contributed by atoms with van der Waals surface area (Å²) < 4.78 is 4.74. The number of carbonyl (C=O) groups excluding carboxylic acids is 2. The molecule has 0 N–H and O–H groups in total. The first kappa shape index (κ1) is 11.5. The minimum absolute atomic E-state index is 0.135. The fourth-order valence-corrected chi connectivity index (χ4v) is 2.02. The molecule has 0 radical (unpaired) electrons. The van der Waals surface area contributed by atoms with E-state index in [9.17, 15) is 9.59 Å². The summed E-state index contributed by atoms with van der Waals surface area (Å²) in [6.45, 7) is 0. The summed E-state index contributed by atoms with van der Waals surface area (Å²) in [5.74, 6) is -1.13. The van der Waals surface area contributed by atoms with E-state index in [4.69, 9.17) is 4.74 Å². The van der Waals surface area contributed by atoms with Gasteiger partial charge < -0.3 is 4.74 Å². The molecule has 4 heteroatoms. The number of thiophene rings is 1. The number of carbonyl (C=O) groups is 2. The van der Waals surface area contributed by atoms with Crippen LogP contribution in [0.1, 0.15) is 15.2 Å². The molecular formula is C13H10O3S. The third-order valence-corrected chi connectivity index (χ3v) is 2.99. The third kappa shape index (κ3) is 3.26. The molecule has 0 aliphatic heterocycles. The Morgan fingerprint density at radius 3 is 2.47 bits per heavy atom. The van der Waals surface area contributed by atoms with Gasteiger partial charge in [-0.1, -0.05) is 24.3 Å². The van der Waals surface area contributed by atoms with E-state index in [1.165, 1.54) is 11.3 Å². The van der Waals surface area contributed by atoms with E-state index in [0.717, 1.165) is 4.88 Å². The van der Waals surface area contributed by atoms with Crippen molar-refractivity contribution < 1.29 is 14.3 Å². The molecule has 0 saturated heterocycles. The average Bonchev–Trinajstić information content (AvgIpc) is 2.82. The quantitative estimate of drug-likeness (QED) is 0.617. The van der Waals surface area contributed by atoms with Crippen molar-refractivity contribution in [1.82, 2.24) is 0 Å². The Hall–Kier alpha value is -1.94. The number of hydrogen-bond donors (Lipinski definition) is 0. The molecule has 0 spiro atoms. The second kappa shape index (κ2) is 5.41. The van der Waals surface area contributed by atoms with E-state index < -0.39 is 11.9 Å². The standard InChI is InChI=1S/C13H10O3S/c14-12(9-11-7-4-8-17-11)16-13(15)10-5-2-1-3-6-10/h1-8H,9H2. The first-order valence-electron chi connectivity index (χ1n) is 5.08. The molecule has 3 nitrogen and oxygen atoms in total. The maximum Gasteiger partial charge on any atom is 0.345 e. The average molecular weight is 246 g/mol. The molecular weight excluding hydrogens is 236 g/mol. The van der Waals surface area contributed by atoms with E-state index in [0.29, 0.717) is 5.56 Å². The summed E-state index contributed by atoms with van der Waals surface area (Å²) in [5.41, 5.74) is 0.382. The molecule has 0 saturated carbocycles. The van der Waals surface area contributed by atoms with Gasteiger partial charge in [-0.2, -0.15) is 0 Å². The van der Waals surface area contributed by atoms with Gasteiger partial charge in [0.2, 0.25) is 0 Å². The van der Waals surface area contributed by atoms with Gasteiger partial charge in [0.1, 0.15) is 0 Å². The van der Waals surface area contributed by atoms with Gasteiger partial charge in [0.25, 0.3) is 0 Å². The van der Waals surface area contributed by atoms with Crippen LogP contribution in [0.3, 0.4) is 0 Å². The Labute approximate surface area is 103 Å². The van der Waals surface area contributed by atoms with Crippen LogP contribution in [-0.2, 0) is 16.0 Å². The van der Waals surface area contributed by atoms with Crippen LogP contribution in [0.2, 0.25) is 0 Å². The summed E-state index contributed by atoms with van der Waals surface area (Å²) in [5, 5.41) is 1.88. The lowest BCUT2D eigenvalue weighted by atomic mass is 10.2. The number of ether oxygens (including phenoxy) is 1. The Morgan fingerprint density at radius 1 is 1.06 bits per heavy atom. The predicted octanol–water partition coefficient (Wildman–Crippen LogP) is 2.67. The van der Waals surface area contributed by atoms with Crippen molar-refractivity contribution >= 4 is 23.3 Å². The first-order valence-corrected chi connectivity index (χ1v) is 5.96. The van der Waals surface area contributed by atoms with Gasteiger partial charge in [-0.15, -0.1) is 11.3 Å². The molecule has 0 aliphatic rings. The zero-order chi connectivity index (χ0) is 12.1. The largest absolute Gasteiger partial charge is 0.389 e. The van der Waals surface area contributed by atoms with Gasteiger partial charge in [0.15, 0.2) is 0 Å². The molecule has 2 rings (SSSR count). The van der Waals surface area contributed by atoms with Crippen LogP contribution in [0, 0.1) is 0 Å². The Morgan fingerprint density at radius 2 is 1.82 bits per heavy atom. The van der Waals surface area contributed by atoms with Crippen LogP contribution < -0.4 is 0 Å². The summed E-state index contributed by atoms with van der Waals surface area (Å²) in [7, 11) is 0. The van der Waals surface area contributed by atoms with E-state index in [2.05, 4.69) is 0 Å². The smallest absolute Gasteiger partial charge is 0.345 e. The van der Waals surface area contributed by atoms with Crippen molar-refractivity contribution in [2.75, 3.05) is 0 Å². The zero-order valence-corrected chi connectivity index (χ0v) is 9.78. The molecule has 1 aromatic heterocycles. The number of benzene rings is 1. The molecule has 0 atom stereocenters. The Kier molecular flexibility index (Phi) is 3.67. The zero-order valence-electron chi connectivity index (χ0n) is 8.96. The number of esters is 2. The maximum absolute atomic E-state index is 11.5. The van der Waals surface area contributed by atoms with Gasteiger partial charge in [-0.3, -0.25) is 4.79 Å². The molecule has 0 fully saturated rings. The number of rotatable bonds is 3. The second-order valence-corrected chi connectivity index (χ2v) is 4.42. The summed E-state index contributed by atoms with van der Waals surface area (Å²) in [4.78, 5) is 23.9. The predicted molar refractivity (Wildman–Crippen MR) is 64.9 cm³/mol. The topological polar surface area (TPSA) is 43.4 Å². The van der Waals surface area contributed by atoms with Crippen molar-refractivity contribution in [3.8, 4) is 0 Å². The molecule has 2 aromatic rings.